The van der Waals surface area contributed by atoms with E-state index in [4.69, 9.17) is 4.74 Å². The number of nitrogens with one attached hydrogen (secondary N) is 2. The van der Waals surface area contributed by atoms with Gasteiger partial charge in [-0.25, -0.2) is 4.98 Å². The normalized spacial score (nSPS) is 10.2. The van der Waals surface area contributed by atoms with Gasteiger partial charge in [-0.3, -0.25) is 9.78 Å². The van der Waals surface area contributed by atoms with Crippen LogP contribution in [0.25, 0.3) is 0 Å². The Balaban J connectivity index is 2.30. The number of carbonyl (C=O) groups is 1. The molecule has 0 spiro atoms. The van der Waals surface area contributed by atoms with Crippen LogP contribution in [0.15, 0.2) is 12.4 Å². The highest BCUT2D eigenvalue weighted by Gasteiger charge is 2.07. The molecule has 0 bridgehead atoms. The maximum absolute atomic E-state index is 11.8. The molecule has 0 aliphatic carbocycles. The first kappa shape index (κ1) is 15.4. The summed E-state index contributed by atoms with van der Waals surface area (Å²) in [4.78, 5) is 20.0. The van der Waals surface area contributed by atoms with Gasteiger partial charge in [0.25, 0.3) is 5.91 Å². The fourth-order valence-corrected chi connectivity index (χ4v) is 1.45. The zero-order chi connectivity index (χ0) is 13.9. The molecule has 1 aromatic heterocycles. The first-order chi connectivity index (χ1) is 9.27. The van der Waals surface area contributed by atoms with Crippen LogP contribution in [-0.4, -0.2) is 42.2 Å². The van der Waals surface area contributed by atoms with Crippen LogP contribution >= 0.6 is 0 Å². The minimum Gasteiger partial charge on any atom is -0.381 e. The largest absolute Gasteiger partial charge is 0.381 e. The van der Waals surface area contributed by atoms with Crippen molar-refractivity contribution < 1.29 is 9.53 Å². The van der Waals surface area contributed by atoms with E-state index in [0.717, 1.165) is 26.0 Å². The summed E-state index contributed by atoms with van der Waals surface area (Å²) in [5.74, 6) is 0.407. The molecule has 2 N–H and O–H groups in total. The molecule has 0 unspecified atom stereocenters. The predicted molar refractivity (Wildman–Crippen MR) is 74.3 cm³/mol. The van der Waals surface area contributed by atoms with E-state index < -0.39 is 0 Å². The molecule has 0 aromatic carbocycles. The molecule has 0 saturated carbocycles. The predicted octanol–water partition coefficient (Wildman–Crippen LogP) is 1.45. The van der Waals surface area contributed by atoms with E-state index in [1.807, 2.05) is 6.92 Å². The van der Waals surface area contributed by atoms with Gasteiger partial charge in [-0.1, -0.05) is 6.92 Å². The minimum absolute atomic E-state index is 0.206. The molecule has 1 heterocycles. The Morgan fingerprint density at radius 1 is 1.32 bits per heavy atom. The van der Waals surface area contributed by atoms with Crippen molar-refractivity contribution >= 4 is 11.7 Å². The molecule has 1 aromatic rings. The quantitative estimate of drug-likeness (QED) is 0.662. The second-order valence-electron chi connectivity index (χ2n) is 4.04. The Kier molecular flexibility index (Phi) is 7.50. The lowest BCUT2D eigenvalue weighted by molar-refractivity contribution is 0.0936. The first-order valence-electron chi connectivity index (χ1n) is 6.69. The third kappa shape index (κ3) is 6.15. The Morgan fingerprint density at radius 2 is 2.16 bits per heavy atom. The number of ether oxygens (including phenoxy) is 1. The van der Waals surface area contributed by atoms with Crippen LogP contribution in [0, 0.1) is 0 Å². The van der Waals surface area contributed by atoms with Gasteiger partial charge in [0.2, 0.25) is 0 Å². The van der Waals surface area contributed by atoms with Gasteiger partial charge in [0, 0.05) is 26.3 Å². The Morgan fingerprint density at radius 3 is 2.89 bits per heavy atom. The molecule has 0 aliphatic rings. The van der Waals surface area contributed by atoms with Crippen molar-refractivity contribution in [3.63, 3.8) is 0 Å². The van der Waals surface area contributed by atoms with Crippen LogP contribution in [-0.2, 0) is 4.74 Å². The van der Waals surface area contributed by atoms with E-state index in [-0.39, 0.29) is 5.91 Å². The van der Waals surface area contributed by atoms with Crippen LogP contribution in [0.5, 0.6) is 0 Å². The zero-order valence-electron chi connectivity index (χ0n) is 11.6. The number of amides is 1. The average molecular weight is 266 g/mol. The topological polar surface area (TPSA) is 76.1 Å². The molecule has 1 amide bonds. The summed E-state index contributed by atoms with van der Waals surface area (Å²) in [5, 5.41) is 5.82. The molecule has 6 nitrogen and oxygen atoms in total. The molecule has 0 radical (unpaired) electrons. The van der Waals surface area contributed by atoms with Crippen molar-refractivity contribution in [1.29, 1.82) is 0 Å². The van der Waals surface area contributed by atoms with Crippen LogP contribution < -0.4 is 10.6 Å². The number of nitrogens with zero attached hydrogens (tertiary/aromatic N) is 2. The minimum atomic E-state index is -0.206. The maximum Gasteiger partial charge on any atom is 0.271 e. The lowest BCUT2D eigenvalue weighted by Gasteiger charge is -2.06. The van der Waals surface area contributed by atoms with Gasteiger partial charge in [-0.15, -0.1) is 0 Å². The summed E-state index contributed by atoms with van der Waals surface area (Å²) < 4.78 is 5.33. The smallest absolute Gasteiger partial charge is 0.271 e. The van der Waals surface area contributed by atoms with Gasteiger partial charge in [-0.2, -0.15) is 0 Å². The molecule has 106 valence electrons. The van der Waals surface area contributed by atoms with E-state index in [2.05, 4.69) is 27.5 Å². The molecule has 0 atom stereocenters. The van der Waals surface area contributed by atoms with Crippen molar-refractivity contribution in [3.05, 3.63) is 18.1 Å². The fraction of sp³-hybridized carbons (Fsp3) is 0.615. The zero-order valence-corrected chi connectivity index (χ0v) is 11.6. The highest BCUT2D eigenvalue weighted by molar-refractivity contribution is 5.92. The van der Waals surface area contributed by atoms with E-state index in [1.54, 1.807) is 6.20 Å². The lowest BCUT2D eigenvalue weighted by atomic mass is 10.4. The van der Waals surface area contributed by atoms with Crippen molar-refractivity contribution in [2.75, 3.05) is 31.6 Å². The van der Waals surface area contributed by atoms with Gasteiger partial charge < -0.3 is 15.4 Å². The standard InChI is InChI=1S/C13H22N4O2/c1-3-7-19-8-5-6-16-13(18)11-9-14-10-12(17-11)15-4-2/h9-10H,3-8H2,1-2H3,(H,15,17)(H,16,18). The van der Waals surface area contributed by atoms with Crippen molar-refractivity contribution in [2.45, 2.75) is 26.7 Å². The second-order valence-corrected chi connectivity index (χ2v) is 4.04. The highest BCUT2D eigenvalue weighted by atomic mass is 16.5. The van der Waals surface area contributed by atoms with E-state index in [9.17, 15) is 4.79 Å². The summed E-state index contributed by atoms with van der Waals surface area (Å²) in [5.41, 5.74) is 0.327. The third-order valence-corrected chi connectivity index (χ3v) is 2.32. The maximum atomic E-state index is 11.8. The number of hydrogen-bond donors (Lipinski definition) is 2. The van der Waals surface area contributed by atoms with Gasteiger partial charge in [0.1, 0.15) is 11.5 Å². The van der Waals surface area contributed by atoms with Crippen molar-refractivity contribution in [1.82, 2.24) is 15.3 Å². The van der Waals surface area contributed by atoms with Crippen LogP contribution in [0.3, 0.4) is 0 Å². The van der Waals surface area contributed by atoms with Crippen LogP contribution in [0.1, 0.15) is 37.2 Å². The number of anilines is 1. The van der Waals surface area contributed by atoms with Crippen molar-refractivity contribution in [2.24, 2.45) is 0 Å². The first-order valence-corrected chi connectivity index (χ1v) is 6.69. The highest BCUT2D eigenvalue weighted by Crippen LogP contribution is 2.01. The average Bonchev–Trinajstić information content (AvgIpc) is 2.43. The number of aromatic nitrogens is 2. The molecular weight excluding hydrogens is 244 g/mol. The number of hydrogen-bond acceptors (Lipinski definition) is 5. The van der Waals surface area contributed by atoms with Gasteiger partial charge >= 0.3 is 0 Å². The van der Waals surface area contributed by atoms with Crippen LogP contribution in [0.2, 0.25) is 0 Å². The monoisotopic (exact) mass is 266 g/mol. The van der Waals surface area contributed by atoms with Gasteiger partial charge in [0.15, 0.2) is 0 Å². The Labute approximate surface area is 114 Å². The lowest BCUT2D eigenvalue weighted by Crippen LogP contribution is -2.26. The summed E-state index contributed by atoms with van der Waals surface area (Å²) in [6.07, 6.45) is 4.87. The van der Waals surface area contributed by atoms with E-state index >= 15 is 0 Å². The van der Waals surface area contributed by atoms with E-state index in [0.29, 0.717) is 24.7 Å². The van der Waals surface area contributed by atoms with E-state index in [1.165, 1.54) is 6.20 Å². The number of carbonyl (C=O) groups excluding carboxylic acids is 1. The molecule has 6 heteroatoms. The summed E-state index contributed by atoms with van der Waals surface area (Å²) in [7, 11) is 0. The van der Waals surface area contributed by atoms with Gasteiger partial charge in [0.05, 0.1) is 12.4 Å². The van der Waals surface area contributed by atoms with Gasteiger partial charge in [-0.05, 0) is 19.8 Å². The Hall–Kier alpha value is -1.69. The fourth-order valence-electron chi connectivity index (χ4n) is 1.45. The number of rotatable bonds is 9. The summed E-state index contributed by atoms with van der Waals surface area (Å²) >= 11 is 0. The summed E-state index contributed by atoms with van der Waals surface area (Å²) in [6.45, 7) is 6.79. The molecular formula is C13H22N4O2. The van der Waals surface area contributed by atoms with Crippen molar-refractivity contribution in [3.8, 4) is 0 Å². The molecule has 0 fully saturated rings. The second kappa shape index (κ2) is 9.27. The Bertz CT molecular complexity index is 385. The molecule has 1 rings (SSSR count). The molecule has 19 heavy (non-hydrogen) atoms. The SMILES string of the molecule is CCCOCCCNC(=O)c1cncc(NCC)n1. The van der Waals surface area contributed by atoms with Crippen LogP contribution in [0.4, 0.5) is 5.82 Å². The molecule has 0 aliphatic heterocycles. The summed E-state index contributed by atoms with van der Waals surface area (Å²) in [6, 6.07) is 0. The molecule has 0 saturated heterocycles. The third-order valence-electron chi connectivity index (χ3n) is 2.32.